The third-order valence-electron chi connectivity index (χ3n) is 2.80. The largest absolute Gasteiger partial charge is 0.279 e. The van der Waals surface area contributed by atoms with Crippen molar-refractivity contribution in [1.29, 1.82) is 0 Å². The van der Waals surface area contributed by atoms with Gasteiger partial charge in [0.25, 0.3) is 15.7 Å². The summed E-state index contributed by atoms with van der Waals surface area (Å²) in [6.45, 7) is 1.50. The van der Waals surface area contributed by atoms with Crippen LogP contribution in [0.25, 0.3) is 0 Å². The van der Waals surface area contributed by atoms with Gasteiger partial charge in [-0.3, -0.25) is 14.8 Å². The van der Waals surface area contributed by atoms with Crippen molar-refractivity contribution in [2.75, 3.05) is 4.72 Å². The Morgan fingerprint density at radius 3 is 2.30 bits per heavy atom. The van der Waals surface area contributed by atoms with Crippen molar-refractivity contribution in [2.24, 2.45) is 0 Å². The van der Waals surface area contributed by atoms with Crippen LogP contribution in [0.5, 0.6) is 0 Å². The summed E-state index contributed by atoms with van der Waals surface area (Å²) in [5.41, 5.74) is 0.346. The van der Waals surface area contributed by atoms with Crippen LogP contribution < -0.4 is 4.72 Å². The van der Waals surface area contributed by atoms with Crippen LogP contribution in [-0.2, 0) is 10.0 Å². The van der Waals surface area contributed by atoms with Gasteiger partial charge < -0.3 is 0 Å². The van der Waals surface area contributed by atoms with Gasteiger partial charge in [-0.15, -0.1) is 0 Å². The molecule has 0 aliphatic rings. The summed E-state index contributed by atoms with van der Waals surface area (Å²) in [4.78, 5) is 10.4. The number of rotatable bonds is 4. The quantitative estimate of drug-likeness (QED) is 0.693. The molecule has 6 nitrogen and oxygen atoms in total. The molecular formula is C13H12N2O4S. The van der Waals surface area contributed by atoms with Crippen molar-refractivity contribution in [3.05, 3.63) is 64.2 Å². The molecule has 20 heavy (non-hydrogen) atoms. The average molecular weight is 292 g/mol. The summed E-state index contributed by atoms with van der Waals surface area (Å²) >= 11 is 0. The van der Waals surface area contributed by atoms with Gasteiger partial charge in [-0.25, -0.2) is 8.42 Å². The second kappa shape index (κ2) is 5.30. The van der Waals surface area contributed by atoms with Gasteiger partial charge in [-0.05, 0) is 25.1 Å². The molecule has 0 amide bonds. The minimum atomic E-state index is -3.75. The molecule has 0 heterocycles. The van der Waals surface area contributed by atoms with E-state index in [0.717, 1.165) is 0 Å². The van der Waals surface area contributed by atoms with Gasteiger partial charge in [0.1, 0.15) is 0 Å². The molecule has 0 aliphatic heterocycles. The van der Waals surface area contributed by atoms with Crippen molar-refractivity contribution < 1.29 is 13.3 Å². The number of hydrogen-bond acceptors (Lipinski definition) is 4. The standard InChI is InChI=1S/C13H12N2O4S/c1-10-12(8-5-9-13(10)15(16)17)14-20(18,19)11-6-3-2-4-7-11/h2-9,14H,1H3. The zero-order valence-electron chi connectivity index (χ0n) is 10.6. The molecule has 0 aliphatic carbocycles. The lowest BCUT2D eigenvalue weighted by Gasteiger charge is -2.10. The summed E-state index contributed by atoms with van der Waals surface area (Å²) < 4.78 is 26.7. The molecule has 0 saturated heterocycles. The fourth-order valence-corrected chi connectivity index (χ4v) is 2.88. The van der Waals surface area contributed by atoms with Crippen LogP contribution in [0.3, 0.4) is 0 Å². The zero-order valence-corrected chi connectivity index (χ0v) is 11.4. The lowest BCUT2D eigenvalue weighted by atomic mass is 10.2. The maximum Gasteiger partial charge on any atom is 0.274 e. The predicted octanol–water partition coefficient (Wildman–Crippen LogP) is 2.70. The SMILES string of the molecule is Cc1c(NS(=O)(=O)c2ccccc2)cccc1[N+](=O)[O-]. The highest BCUT2D eigenvalue weighted by Gasteiger charge is 2.18. The van der Waals surface area contributed by atoms with Gasteiger partial charge in [0.05, 0.1) is 21.1 Å². The number of nitro groups is 1. The summed E-state index contributed by atoms with van der Waals surface area (Å²) in [7, 11) is -3.75. The van der Waals surface area contributed by atoms with Gasteiger partial charge >= 0.3 is 0 Å². The van der Waals surface area contributed by atoms with Crippen molar-refractivity contribution in [3.8, 4) is 0 Å². The van der Waals surface area contributed by atoms with E-state index in [9.17, 15) is 18.5 Å². The van der Waals surface area contributed by atoms with Crippen molar-refractivity contribution in [3.63, 3.8) is 0 Å². The zero-order chi connectivity index (χ0) is 14.8. The Balaban J connectivity index is 2.41. The summed E-state index contributed by atoms with van der Waals surface area (Å²) in [5, 5.41) is 10.8. The van der Waals surface area contributed by atoms with E-state index in [0.29, 0.717) is 0 Å². The number of nitro benzene ring substituents is 1. The number of benzene rings is 2. The lowest BCUT2D eigenvalue weighted by Crippen LogP contribution is -2.14. The summed E-state index contributed by atoms with van der Waals surface area (Å²) in [5.74, 6) is 0. The third kappa shape index (κ3) is 2.77. The molecule has 0 atom stereocenters. The second-order valence-corrected chi connectivity index (χ2v) is 5.81. The molecule has 7 heteroatoms. The Labute approximate surface area is 116 Å². The highest BCUT2D eigenvalue weighted by Crippen LogP contribution is 2.26. The Kier molecular flexibility index (Phi) is 3.71. The summed E-state index contributed by atoms with van der Waals surface area (Å²) in [6, 6.07) is 12.1. The molecular weight excluding hydrogens is 280 g/mol. The van der Waals surface area contributed by atoms with E-state index < -0.39 is 14.9 Å². The van der Waals surface area contributed by atoms with Gasteiger partial charge in [-0.1, -0.05) is 24.3 Å². The molecule has 0 saturated carbocycles. The topological polar surface area (TPSA) is 89.3 Å². The Morgan fingerprint density at radius 2 is 1.70 bits per heavy atom. The van der Waals surface area contributed by atoms with Crippen LogP contribution >= 0.6 is 0 Å². The average Bonchev–Trinajstić information content (AvgIpc) is 2.41. The first-order valence-corrected chi connectivity index (χ1v) is 7.22. The number of anilines is 1. The molecule has 0 fully saturated rings. The smallest absolute Gasteiger partial charge is 0.274 e. The van der Waals surface area contributed by atoms with E-state index in [2.05, 4.69) is 4.72 Å². The summed E-state index contributed by atoms with van der Waals surface area (Å²) in [6.07, 6.45) is 0. The molecule has 0 bridgehead atoms. The first-order chi connectivity index (χ1) is 9.42. The molecule has 2 rings (SSSR count). The minimum absolute atomic E-state index is 0.103. The van der Waals surface area contributed by atoms with Gasteiger partial charge in [0, 0.05) is 6.07 Å². The Hall–Kier alpha value is -2.41. The molecule has 1 N–H and O–H groups in total. The fraction of sp³-hybridized carbons (Fsp3) is 0.0769. The molecule has 2 aromatic carbocycles. The fourth-order valence-electron chi connectivity index (χ4n) is 1.74. The van der Waals surface area contributed by atoms with E-state index in [1.165, 1.54) is 37.3 Å². The normalized spacial score (nSPS) is 11.1. The molecule has 104 valence electrons. The Morgan fingerprint density at radius 1 is 1.05 bits per heavy atom. The van der Waals surface area contributed by atoms with Gasteiger partial charge in [0.15, 0.2) is 0 Å². The van der Waals surface area contributed by atoms with E-state index in [-0.39, 0.29) is 21.8 Å². The van der Waals surface area contributed by atoms with E-state index in [4.69, 9.17) is 0 Å². The number of nitrogens with zero attached hydrogens (tertiary/aromatic N) is 1. The third-order valence-corrected chi connectivity index (χ3v) is 4.18. The molecule has 2 aromatic rings. The highest BCUT2D eigenvalue weighted by molar-refractivity contribution is 7.92. The predicted molar refractivity (Wildman–Crippen MR) is 75.1 cm³/mol. The first kappa shape index (κ1) is 14.0. The molecule has 0 radical (unpaired) electrons. The maximum absolute atomic E-state index is 12.2. The number of hydrogen-bond donors (Lipinski definition) is 1. The van der Waals surface area contributed by atoms with Crippen LogP contribution in [-0.4, -0.2) is 13.3 Å². The molecule has 0 spiro atoms. The van der Waals surface area contributed by atoms with Gasteiger partial charge in [0.2, 0.25) is 0 Å². The van der Waals surface area contributed by atoms with Crippen molar-refractivity contribution >= 4 is 21.4 Å². The second-order valence-electron chi connectivity index (χ2n) is 4.13. The maximum atomic E-state index is 12.2. The monoisotopic (exact) mass is 292 g/mol. The van der Waals surface area contributed by atoms with E-state index in [1.807, 2.05) is 0 Å². The van der Waals surface area contributed by atoms with E-state index >= 15 is 0 Å². The lowest BCUT2D eigenvalue weighted by molar-refractivity contribution is -0.385. The van der Waals surface area contributed by atoms with Crippen LogP contribution in [0.4, 0.5) is 11.4 Å². The first-order valence-electron chi connectivity index (χ1n) is 5.74. The highest BCUT2D eigenvalue weighted by atomic mass is 32.2. The molecule has 0 unspecified atom stereocenters. The number of sulfonamides is 1. The van der Waals surface area contributed by atoms with Crippen LogP contribution in [0.15, 0.2) is 53.4 Å². The minimum Gasteiger partial charge on any atom is -0.279 e. The molecule has 0 aromatic heterocycles. The van der Waals surface area contributed by atoms with Crippen LogP contribution in [0.2, 0.25) is 0 Å². The van der Waals surface area contributed by atoms with Crippen molar-refractivity contribution in [2.45, 2.75) is 11.8 Å². The number of nitrogens with one attached hydrogen (secondary N) is 1. The van der Waals surface area contributed by atoms with Gasteiger partial charge in [-0.2, -0.15) is 0 Å². The van der Waals surface area contributed by atoms with Crippen molar-refractivity contribution in [1.82, 2.24) is 0 Å². The van der Waals surface area contributed by atoms with E-state index in [1.54, 1.807) is 18.2 Å². The van der Waals surface area contributed by atoms with Crippen LogP contribution in [0.1, 0.15) is 5.56 Å². The Bertz CT molecular complexity index is 742. The van der Waals surface area contributed by atoms with Crippen LogP contribution in [0, 0.1) is 17.0 Å².